The summed E-state index contributed by atoms with van der Waals surface area (Å²) in [5.41, 5.74) is 0.837. The summed E-state index contributed by atoms with van der Waals surface area (Å²) >= 11 is 6.04. The zero-order chi connectivity index (χ0) is 13.6. The van der Waals surface area contributed by atoms with E-state index in [2.05, 4.69) is 13.0 Å². The van der Waals surface area contributed by atoms with Crippen molar-refractivity contribution >= 4 is 11.6 Å². The van der Waals surface area contributed by atoms with Gasteiger partial charge in [-0.15, -0.1) is 0 Å². The third-order valence-electron chi connectivity index (χ3n) is 2.92. The molecule has 98 valence electrons. The van der Waals surface area contributed by atoms with Crippen LogP contribution in [0.25, 0.3) is 0 Å². The summed E-state index contributed by atoms with van der Waals surface area (Å²) in [6.07, 6.45) is 2.62. The Morgan fingerprint density at radius 3 is 2.72 bits per heavy atom. The number of nitriles is 1. The quantitative estimate of drug-likeness (QED) is 0.704. The average Bonchev–Trinajstić information content (AvgIpc) is 2.36. The Morgan fingerprint density at radius 1 is 1.39 bits per heavy atom. The minimum atomic E-state index is -0.266. The van der Waals surface area contributed by atoms with Crippen LogP contribution < -0.4 is 4.74 Å². The molecule has 1 aromatic rings. The second kappa shape index (κ2) is 6.66. The van der Waals surface area contributed by atoms with Crippen LogP contribution in [0.1, 0.15) is 39.2 Å². The number of hydrogen-bond donors (Lipinski definition) is 0. The Balaban J connectivity index is 2.43. The molecule has 1 aromatic carbocycles. The molecular formula is C15H20ClNO. The number of halogens is 1. The Morgan fingerprint density at radius 2 is 2.11 bits per heavy atom. The lowest BCUT2D eigenvalue weighted by molar-refractivity contribution is 0.284. The smallest absolute Gasteiger partial charge is 0.119 e. The molecule has 0 aromatic heterocycles. The summed E-state index contributed by atoms with van der Waals surface area (Å²) in [6, 6.07) is 8.03. The van der Waals surface area contributed by atoms with E-state index in [1.165, 1.54) is 0 Å². The summed E-state index contributed by atoms with van der Waals surface area (Å²) in [5.74, 6) is 0.853. The summed E-state index contributed by atoms with van der Waals surface area (Å²) in [4.78, 5) is 0. The molecule has 0 saturated carbocycles. The van der Waals surface area contributed by atoms with Crippen molar-refractivity contribution in [1.82, 2.24) is 0 Å². The van der Waals surface area contributed by atoms with Crippen LogP contribution in [0, 0.1) is 16.7 Å². The first-order valence-electron chi connectivity index (χ1n) is 6.31. The van der Waals surface area contributed by atoms with Crippen molar-refractivity contribution in [2.75, 3.05) is 6.61 Å². The molecule has 18 heavy (non-hydrogen) atoms. The van der Waals surface area contributed by atoms with Gasteiger partial charge < -0.3 is 4.74 Å². The van der Waals surface area contributed by atoms with Gasteiger partial charge in [-0.2, -0.15) is 5.26 Å². The number of benzene rings is 1. The van der Waals surface area contributed by atoms with Crippen molar-refractivity contribution < 1.29 is 4.74 Å². The Bertz CT molecular complexity index is 435. The molecule has 3 heteroatoms. The minimum absolute atomic E-state index is 0.266. The van der Waals surface area contributed by atoms with Crippen LogP contribution in [0.2, 0.25) is 5.02 Å². The average molecular weight is 266 g/mol. The van der Waals surface area contributed by atoms with Crippen molar-refractivity contribution in [3.8, 4) is 11.8 Å². The topological polar surface area (TPSA) is 33.0 Å². The van der Waals surface area contributed by atoms with Crippen LogP contribution in [0.4, 0.5) is 0 Å². The van der Waals surface area contributed by atoms with E-state index in [0.29, 0.717) is 6.61 Å². The molecule has 0 fully saturated rings. The van der Waals surface area contributed by atoms with Crippen LogP contribution in [-0.2, 0) is 6.42 Å². The fraction of sp³-hybridized carbons (Fsp3) is 0.533. The standard InChI is InChI=1S/C15H20ClNO/c1-4-12-10-13(6-7-14(12)16)18-9-5-8-15(2,3)11-17/h6-7,10H,4-5,8-9H2,1-3H3. The highest BCUT2D eigenvalue weighted by atomic mass is 35.5. The normalized spacial score (nSPS) is 11.1. The fourth-order valence-corrected chi connectivity index (χ4v) is 1.92. The van der Waals surface area contributed by atoms with Crippen LogP contribution in [0.5, 0.6) is 5.75 Å². The summed E-state index contributed by atoms with van der Waals surface area (Å²) < 4.78 is 5.68. The highest BCUT2D eigenvalue weighted by Crippen LogP contribution is 2.24. The second-order valence-corrected chi connectivity index (χ2v) is 5.46. The first kappa shape index (κ1) is 14.9. The van der Waals surface area contributed by atoms with E-state index in [-0.39, 0.29) is 5.41 Å². The molecule has 0 amide bonds. The molecular weight excluding hydrogens is 246 g/mol. The number of hydrogen-bond acceptors (Lipinski definition) is 2. The SMILES string of the molecule is CCc1cc(OCCCC(C)(C)C#N)ccc1Cl. The third kappa shape index (κ3) is 4.58. The molecule has 0 atom stereocenters. The molecule has 2 nitrogen and oxygen atoms in total. The molecule has 0 bridgehead atoms. The van der Waals surface area contributed by atoms with E-state index >= 15 is 0 Å². The first-order chi connectivity index (χ1) is 8.48. The van der Waals surface area contributed by atoms with Crippen molar-refractivity contribution in [3.63, 3.8) is 0 Å². The maximum atomic E-state index is 8.90. The van der Waals surface area contributed by atoms with E-state index in [4.69, 9.17) is 21.6 Å². The van der Waals surface area contributed by atoms with Crippen LogP contribution >= 0.6 is 11.6 Å². The lowest BCUT2D eigenvalue weighted by atomic mass is 9.90. The van der Waals surface area contributed by atoms with Crippen molar-refractivity contribution in [2.24, 2.45) is 5.41 Å². The van der Waals surface area contributed by atoms with Gasteiger partial charge in [0, 0.05) is 5.02 Å². The van der Waals surface area contributed by atoms with Crippen molar-refractivity contribution in [1.29, 1.82) is 5.26 Å². The highest BCUT2D eigenvalue weighted by Gasteiger charge is 2.15. The maximum Gasteiger partial charge on any atom is 0.119 e. The predicted molar refractivity (Wildman–Crippen MR) is 75.0 cm³/mol. The molecule has 0 N–H and O–H groups in total. The number of rotatable bonds is 6. The van der Waals surface area contributed by atoms with Gasteiger partial charge in [-0.1, -0.05) is 18.5 Å². The van der Waals surface area contributed by atoms with Gasteiger partial charge in [0.05, 0.1) is 18.1 Å². The molecule has 0 spiro atoms. The van der Waals surface area contributed by atoms with Gasteiger partial charge in [0.15, 0.2) is 0 Å². The first-order valence-corrected chi connectivity index (χ1v) is 6.69. The minimum Gasteiger partial charge on any atom is -0.494 e. The van der Waals surface area contributed by atoms with Gasteiger partial charge in [0.2, 0.25) is 0 Å². The Labute approximate surface area is 115 Å². The molecule has 0 radical (unpaired) electrons. The van der Waals surface area contributed by atoms with Crippen LogP contribution in [0.15, 0.2) is 18.2 Å². The zero-order valence-corrected chi connectivity index (χ0v) is 12.0. The second-order valence-electron chi connectivity index (χ2n) is 5.05. The van der Waals surface area contributed by atoms with Crippen LogP contribution in [0.3, 0.4) is 0 Å². The van der Waals surface area contributed by atoms with Gasteiger partial charge in [-0.05, 0) is 56.9 Å². The van der Waals surface area contributed by atoms with Gasteiger partial charge in [0.25, 0.3) is 0 Å². The van der Waals surface area contributed by atoms with Gasteiger partial charge in [-0.25, -0.2) is 0 Å². The monoisotopic (exact) mass is 265 g/mol. The maximum absolute atomic E-state index is 8.90. The molecule has 0 aliphatic rings. The molecule has 0 aliphatic carbocycles. The predicted octanol–water partition coefficient (Wildman–Crippen LogP) is 4.61. The lowest BCUT2D eigenvalue weighted by Gasteiger charge is -2.15. The van der Waals surface area contributed by atoms with Gasteiger partial charge >= 0.3 is 0 Å². The summed E-state index contributed by atoms with van der Waals surface area (Å²) in [5, 5.41) is 9.69. The molecule has 1 rings (SSSR count). The molecule has 0 aliphatic heterocycles. The molecule has 0 heterocycles. The third-order valence-corrected chi connectivity index (χ3v) is 3.28. The largest absolute Gasteiger partial charge is 0.494 e. The van der Waals surface area contributed by atoms with Crippen molar-refractivity contribution in [3.05, 3.63) is 28.8 Å². The highest BCUT2D eigenvalue weighted by molar-refractivity contribution is 6.31. The van der Waals surface area contributed by atoms with Gasteiger partial charge in [0.1, 0.15) is 5.75 Å². The number of aryl methyl sites for hydroxylation is 1. The van der Waals surface area contributed by atoms with Crippen molar-refractivity contribution in [2.45, 2.75) is 40.0 Å². The summed E-state index contributed by atoms with van der Waals surface area (Å²) in [6.45, 7) is 6.60. The Kier molecular flexibility index (Phi) is 5.50. The Hall–Kier alpha value is -1.20. The van der Waals surface area contributed by atoms with Gasteiger partial charge in [-0.3, -0.25) is 0 Å². The fourth-order valence-electron chi connectivity index (χ4n) is 1.67. The van der Waals surface area contributed by atoms with E-state index < -0.39 is 0 Å². The van der Waals surface area contributed by atoms with Crippen LogP contribution in [-0.4, -0.2) is 6.61 Å². The van der Waals surface area contributed by atoms with E-state index in [1.807, 2.05) is 32.0 Å². The summed E-state index contributed by atoms with van der Waals surface area (Å²) in [7, 11) is 0. The molecule has 0 saturated heterocycles. The molecule has 0 unspecified atom stereocenters. The number of ether oxygens (including phenoxy) is 1. The van der Waals surface area contributed by atoms with E-state index in [0.717, 1.165) is 35.6 Å². The zero-order valence-electron chi connectivity index (χ0n) is 11.3. The lowest BCUT2D eigenvalue weighted by Crippen LogP contribution is -2.10. The van der Waals surface area contributed by atoms with E-state index in [1.54, 1.807) is 0 Å². The number of nitrogens with zero attached hydrogens (tertiary/aromatic N) is 1. The van der Waals surface area contributed by atoms with E-state index in [9.17, 15) is 0 Å².